The molecule has 0 atom stereocenters. The first kappa shape index (κ1) is 14.9. The van der Waals surface area contributed by atoms with E-state index in [0.717, 1.165) is 23.1 Å². The maximum Gasteiger partial charge on any atom is 0.489 e. The van der Waals surface area contributed by atoms with Gasteiger partial charge in [-0.05, 0) is 24.0 Å². The van der Waals surface area contributed by atoms with Crippen LogP contribution in [-0.4, -0.2) is 17.2 Å². The van der Waals surface area contributed by atoms with Crippen molar-refractivity contribution in [1.82, 2.24) is 0 Å². The highest BCUT2D eigenvalue weighted by molar-refractivity contribution is 6.62. The van der Waals surface area contributed by atoms with Crippen molar-refractivity contribution in [2.24, 2.45) is 0 Å². The minimum atomic E-state index is -1.52. The van der Waals surface area contributed by atoms with E-state index in [1.807, 2.05) is 19.1 Å². The highest BCUT2D eigenvalue weighted by Gasteiger charge is 2.21. The Morgan fingerprint density at radius 1 is 1.45 bits per heavy atom. The normalized spacial score (nSPS) is 11.4. The van der Waals surface area contributed by atoms with Crippen LogP contribution in [0.4, 0.5) is 0 Å². The van der Waals surface area contributed by atoms with E-state index in [-0.39, 0.29) is 0 Å². The molecule has 5 heteroatoms. The third kappa shape index (κ3) is 2.98. The lowest BCUT2D eigenvalue weighted by molar-refractivity contribution is 0.426. The predicted molar refractivity (Wildman–Crippen MR) is 83.3 cm³/mol. The molecule has 2 N–H and O–H groups in total. The lowest BCUT2D eigenvalue weighted by Gasteiger charge is -2.03. The molecule has 104 valence electrons. The van der Waals surface area contributed by atoms with Gasteiger partial charge in [0.25, 0.3) is 0 Å². The Bertz CT molecular complexity index is 658. The molecule has 0 amide bonds. The zero-order chi connectivity index (χ0) is 14.7. The van der Waals surface area contributed by atoms with E-state index >= 15 is 0 Å². The molecule has 0 unspecified atom stereocenters. The van der Waals surface area contributed by atoms with Crippen LogP contribution in [0.3, 0.4) is 0 Å². The summed E-state index contributed by atoms with van der Waals surface area (Å²) in [5.74, 6) is 0.845. The monoisotopic (exact) mass is 290 g/mol. The molecule has 2 aromatic rings. The van der Waals surface area contributed by atoms with Gasteiger partial charge >= 0.3 is 7.12 Å². The van der Waals surface area contributed by atoms with Crippen molar-refractivity contribution in [3.63, 3.8) is 0 Å². The van der Waals surface area contributed by atoms with Gasteiger partial charge in [0, 0.05) is 22.4 Å². The summed E-state index contributed by atoms with van der Waals surface area (Å²) < 4.78 is 5.79. The molecule has 2 rings (SSSR count). The van der Waals surface area contributed by atoms with E-state index in [1.54, 1.807) is 18.2 Å². The van der Waals surface area contributed by atoms with Crippen LogP contribution < -0.4 is 5.46 Å². The molecule has 0 saturated heterocycles. The molecule has 0 fully saturated rings. The number of aryl methyl sites for hydroxylation is 1. The smallest absolute Gasteiger partial charge is 0.461 e. The van der Waals surface area contributed by atoms with Gasteiger partial charge in [-0.2, -0.15) is 0 Å². The van der Waals surface area contributed by atoms with Gasteiger partial charge in [-0.25, -0.2) is 0 Å². The van der Waals surface area contributed by atoms with Crippen molar-refractivity contribution in [2.45, 2.75) is 19.8 Å². The van der Waals surface area contributed by atoms with Gasteiger partial charge in [-0.15, -0.1) is 0 Å². The van der Waals surface area contributed by atoms with Gasteiger partial charge in [0.1, 0.15) is 11.3 Å². The van der Waals surface area contributed by atoms with Crippen molar-refractivity contribution in [2.75, 3.05) is 0 Å². The molecule has 0 bridgehead atoms. The van der Waals surface area contributed by atoms with Gasteiger partial charge in [0.05, 0.1) is 0 Å². The second-order valence-electron chi connectivity index (χ2n) is 4.50. The third-order valence-corrected chi connectivity index (χ3v) is 3.28. The summed E-state index contributed by atoms with van der Waals surface area (Å²) in [6.07, 6.45) is 4.95. The fraction of sp³-hybridized carbons (Fsp3) is 0.200. The Labute approximate surface area is 123 Å². The van der Waals surface area contributed by atoms with E-state index in [9.17, 15) is 10.0 Å². The summed E-state index contributed by atoms with van der Waals surface area (Å²) in [4.78, 5) is 0. The van der Waals surface area contributed by atoms with Crippen molar-refractivity contribution in [1.29, 1.82) is 0 Å². The maximum atomic E-state index is 9.50. The minimum Gasteiger partial charge on any atom is -0.461 e. The highest BCUT2D eigenvalue weighted by atomic mass is 35.5. The fourth-order valence-corrected chi connectivity index (χ4v) is 2.40. The summed E-state index contributed by atoms with van der Waals surface area (Å²) in [5.41, 5.74) is 2.08. The van der Waals surface area contributed by atoms with Gasteiger partial charge < -0.3 is 14.5 Å². The first-order valence-corrected chi connectivity index (χ1v) is 6.82. The number of furan rings is 1. The summed E-state index contributed by atoms with van der Waals surface area (Å²) in [7, 11) is -1.52. The van der Waals surface area contributed by atoms with Crippen LogP contribution in [0.25, 0.3) is 11.0 Å². The third-order valence-electron chi connectivity index (χ3n) is 3.15. The molecule has 0 spiro atoms. The SMILES string of the molecule is C=C(Cl)/C=C\Cc1c(CC)oc2cccc(B(O)O)c12. The van der Waals surface area contributed by atoms with Gasteiger partial charge in [-0.1, -0.05) is 43.3 Å². The van der Waals surface area contributed by atoms with Crippen molar-refractivity contribution in [3.8, 4) is 0 Å². The van der Waals surface area contributed by atoms with Crippen molar-refractivity contribution >= 4 is 35.2 Å². The first-order chi connectivity index (χ1) is 9.54. The lowest BCUT2D eigenvalue weighted by Crippen LogP contribution is -2.30. The largest absolute Gasteiger partial charge is 0.489 e. The second kappa shape index (κ2) is 6.31. The topological polar surface area (TPSA) is 53.6 Å². The Kier molecular flexibility index (Phi) is 4.71. The molecular weight excluding hydrogens is 274 g/mol. The number of fused-ring (bicyclic) bond motifs is 1. The molecule has 20 heavy (non-hydrogen) atoms. The zero-order valence-electron chi connectivity index (χ0n) is 11.3. The van der Waals surface area contributed by atoms with Crippen LogP contribution in [0, 0.1) is 0 Å². The lowest BCUT2D eigenvalue weighted by atomic mass is 9.77. The predicted octanol–water partition coefficient (Wildman–Crippen LogP) is 2.53. The minimum absolute atomic E-state index is 0.457. The summed E-state index contributed by atoms with van der Waals surface area (Å²) >= 11 is 5.71. The highest BCUT2D eigenvalue weighted by Crippen LogP contribution is 2.26. The average Bonchev–Trinajstić information content (AvgIpc) is 2.76. The van der Waals surface area contributed by atoms with Gasteiger partial charge in [0.15, 0.2) is 0 Å². The first-order valence-electron chi connectivity index (χ1n) is 6.44. The molecule has 0 radical (unpaired) electrons. The number of allylic oxidation sites excluding steroid dienone is 3. The fourth-order valence-electron chi connectivity index (χ4n) is 2.31. The summed E-state index contributed by atoms with van der Waals surface area (Å²) in [6.45, 7) is 5.60. The quantitative estimate of drug-likeness (QED) is 0.657. The van der Waals surface area contributed by atoms with Gasteiger partial charge in [-0.3, -0.25) is 0 Å². The maximum absolute atomic E-state index is 9.50. The van der Waals surface area contributed by atoms with Crippen LogP contribution >= 0.6 is 11.6 Å². The summed E-state index contributed by atoms with van der Waals surface area (Å²) in [5, 5.41) is 20.2. The van der Waals surface area contributed by atoms with E-state index in [1.165, 1.54) is 0 Å². The Hall–Kier alpha value is -1.49. The van der Waals surface area contributed by atoms with Crippen LogP contribution in [0.15, 0.2) is 46.4 Å². The number of hydrogen-bond donors (Lipinski definition) is 2. The van der Waals surface area contributed by atoms with Crippen molar-refractivity contribution < 1.29 is 14.5 Å². The number of benzene rings is 1. The Morgan fingerprint density at radius 2 is 2.20 bits per heavy atom. The van der Waals surface area contributed by atoms with Crippen LogP contribution in [0.2, 0.25) is 0 Å². The second-order valence-corrected chi connectivity index (χ2v) is 4.99. The van der Waals surface area contributed by atoms with Crippen molar-refractivity contribution in [3.05, 3.63) is 53.3 Å². The van der Waals surface area contributed by atoms with E-state index in [0.29, 0.717) is 22.5 Å². The zero-order valence-corrected chi connectivity index (χ0v) is 12.0. The summed E-state index contributed by atoms with van der Waals surface area (Å²) in [6, 6.07) is 5.27. The number of halogens is 1. The van der Waals surface area contributed by atoms with Crippen LogP contribution in [-0.2, 0) is 12.8 Å². The standard InChI is InChI=1S/C15H16BClO3/c1-3-13-11(7-4-6-10(2)17)15-12(16(18)19)8-5-9-14(15)20-13/h4-6,8-9,18-19H,2-3,7H2,1H3/b6-4-. The average molecular weight is 291 g/mol. The van der Waals surface area contributed by atoms with E-state index < -0.39 is 7.12 Å². The Balaban J connectivity index is 2.57. The van der Waals surface area contributed by atoms with Gasteiger partial charge in [0.2, 0.25) is 0 Å². The number of hydrogen-bond acceptors (Lipinski definition) is 3. The van der Waals surface area contributed by atoms with Crippen LogP contribution in [0.1, 0.15) is 18.2 Å². The molecule has 1 aromatic heterocycles. The van der Waals surface area contributed by atoms with Crippen LogP contribution in [0.5, 0.6) is 0 Å². The molecule has 0 saturated carbocycles. The molecular formula is C15H16BClO3. The van der Waals surface area contributed by atoms with E-state index in [2.05, 4.69) is 6.58 Å². The molecule has 3 nitrogen and oxygen atoms in total. The molecule has 0 aliphatic heterocycles. The molecule has 1 heterocycles. The number of rotatable bonds is 5. The van der Waals surface area contributed by atoms with E-state index in [4.69, 9.17) is 16.0 Å². The molecule has 1 aromatic carbocycles. The molecule has 0 aliphatic rings. The Morgan fingerprint density at radius 3 is 2.80 bits per heavy atom. The molecule has 0 aliphatic carbocycles.